The van der Waals surface area contributed by atoms with E-state index in [0.29, 0.717) is 17.9 Å². The van der Waals surface area contributed by atoms with Crippen molar-refractivity contribution in [1.82, 2.24) is 24.6 Å². The molecule has 0 bridgehead atoms. The number of hydrogen-bond acceptors (Lipinski definition) is 5. The van der Waals surface area contributed by atoms with E-state index < -0.39 is 0 Å². The number of amides is 1. The lowest BCUT2D eigenvalue weighted by Crippen LogP contribution is -2.27. The summed E-state index contributed by atoms with van der Waals surface area (Å²) in [4.78, 5) is 22.0. The average Bonchev–Trinajstić information content (AvgIpc) is 3.19. The lowest BCUT2D eigenvalue weighted by atomic mass is 10.1. The van der Waals surface area contributed by atoms with E-state index in [9.17, 15) is 4.79 Å². The molecular weight excluding hydrogens is 282 g/mol. The van der Waals surface area contributed by atoms with Crippen LogP contribution in [0.3, 0.4) is 0 Å². The van der Waals surface area contributed by atoms with E-state index in [1.54, 1.807) is 24.5 Å². The molecule has 0 unspecified atom stereocenters. The number of imidazole rings is 1. The number of benzene rings is 1. The van der Waals surface area contributed by atoms with Gasteiger partial charge in [-0.25, -0.2) is 4.98 Å². The van der Waals surface area contributed by atoms with Gasteiger partial charge in [-0.15, -0.1) is 0 Å². The first-order valence-corrected chi connectivity index (χ1v) is 6.75. The van der Waals surface area contributed by atoms with Gasteiger partial charge < -0.3 is 14.0 Å². The number of hydrogen-bond donors (Lipinski definition) is 0. The summed E-state index contributed by atoms with van der Waals surface area (Å²) < 4.78 is 6.57. The third-order valence-electron chi connectivity index (χ3n) is 3.38. The van der Waals surface area contributed by atoms with Crippen LogP contribution in [0.4, 0.5) is 0 Å². The number of carbonyl (C=O) groups is 1. The Hall–Kier alpha value is -2.96. The molecule has 0 aliphatic carbocycles. The van der Waals surface area contributed by atoms with E-state index >= 15 is 0 Å². The van der Waals surface area contributed by atoms with E-state index in [-0.39, 0.29) is 5.91 Å². The highest BCUT2D eigenvalue weighted by molar-refractivity contribution is 5.95. The minimum absolute atomic E-state index is 0.0838. The molecule has 2 aromatic heterocycles. The number of aromatic nitrogens is 4. The maximum absolute atomic E-state index is 12.5. The summed E-state index contributed by atoms with van der Waals surface area (Å²) in [6.45, 7) is 2.22. The first-order valence-electron chi connectivity index (χ1n) is 6.75. The summed E-state index contributed by atoms with van der Waals surface area (Å²) in [5.41, 5.74) is 2.51. The highest BCUT2D eigenvalue weighted by atomic mass is 16.5. The Balaban J connectivity index is 1.80. The number of carbonyl (C=O) groups excluding carboxylic acids is 1. The Kier molecular flexibility index (Phi) is 3.69. The van der Waals surface area contributed by atoms with Crippen LogP contribution < -0.4 is 0 Å². The predicted octanol–water partition coefficient (Wildman–Crippen LogP) is 1.84. The summed E-state index contributed by atoms with van der Waals surface area (Å²) in [6.07, 6.45) is 6.54. The molecule has 22 heavy (non-hydrogen) atoms. The normalized spacial score (nSPS) is 10.6. The van der Waals surface area contributed by atoms with Crippen molar-refractivity contribution in [3.05, 3.63) is 60.3 Å². The zero-order chi connectivity index (χ0) is 15.5. The van der Waals surface area contributed by atoms with Crippen molar-refractivity contribution in [1.29, 1.82) is 0 Å². The largest absolute Gasteiger partial charge is 0.343 e. The van der Waals surface area contributed by atoms with Crippen molar-refractivity contribution >= 4 is 5.91 Å². The maximum Gasteiger partial charge on any atom is 0.254 e. The van der Waals surface area contributed by atoms with Gasteiger partial charge in [-0.3, -0.25) is 4.79 Å². The van der Waals surface area contributed by atoms with Gasteiger partial charge in [0.05, 0.1) is 12.9 Å². The smallest absolute Gasteiger partial charge is 0.254 e. The molecule has 0 saturated heterocycles. The molecule has 7 nitrogen and oxygen atoms in total. The number of rotatable bonds is 4. The van der Waals surface area contributed by atoms with E-state index in [4.69, 9.17) is 0 Å². The van der Waals surface area contributed by atoms with E-state index in [0.717, 1.165) is 11.3 Å². The fraction of sp³-hybridized carbons (Fsp3) is 0.200. The van der Waals surface area contributed by atoms with Crippen molar-refractivity contribution in [2.24, 2.45) is 0 Å². The molecular formula is C15H15N5O2. The Labute approximate surface area is 127 Å². The highest BCUT2D eigenvalue weighted by Crippen LogP contribution is 2.16. The molecule has 0 aliphatic heterocycles. The van der Waals surface area contributed by atoms with Gasteiger partial charge >= 0.3 is 0 Å². The molecule has 0 fully saturated rings. The second-order valence-electron chi connectivity index (χ2n) is 4.98. The van der Waals surface area contributed by atoms with E-state index in [2.05, 4.69) is 19.6 Å². The molecule has 0 radical (unpaired) electrons. The van der Waals surface area contributed by atoms with Gasteiger partial charge in [-0.2, -0.15) is 4.98 Å². The van der Waals surface area contributed by atoms with Gasteiger partial charge in [0.25, 0.3) is 5.91 Å². The third kappa shape index (κ3) is 2.73. The van der Waals surface area contributed by atoms with E-state index in [1.807, 2.05) is 35.9 Å². The zero-order valence-corrected chi connectivity index (χ0v) is 12.3. The topological polar surface area (TPSA) is 77.0 Å². The SMILES string of the molecule is Cc1cc(-n2ccnc2)ccc1C(=O)N(C)Cc1ncon1. The molecule has 0 saturated carbocycles. The Bertz CT molecular complexity index is 765. The van der Waals surface area contributed by atoms with Gasteiger partial charge in [0.15, 0.2) is 5.82 Å². The third-order valence-corrected chi connectivity index (χ3v) is 3.38. The number of aryl methyl sites for hydroxylation is 1. The Morgan fingerprint density at radius 3 is 2.91 bits per heavy atom. The Morgan fingerprint density at radius 1 is 1.41 bits per heavy atom. The van der Waals surface area contributed by atoms with Crippen molar-refractivity contribution in [3.63, 3.8) is 0 Å². The summed E-state index contributed by atoms with van der Waals surface area (Å²) in [5, 5.41) is 3.71. The summed E-state index contributed by atoms with van der Waals surface area (Å²) in [7, 11) is 1.71. The van der Waals surface area contributed by atoms with Crippen molar-refractivity contribution in [2.75, 3.05) is 7.05 Å². The van der Waals surface area contributed by atoms with Crippen molar-refractivity contribution in [3.8, 4) is 5.69 Å². The molecule has 1 aromatic carbocycles. The monoisotopic (exact) mass is 297 g/mol. The van der Waals surface area contributed by atoms with Crippen molar-refractivity contribution < 1.29 is 9.32 Å². The first-order chi connectivity index (χ1) is 10.6. The molecule has 0 atom stereocenters. The van der Waals surface area contributed by atoms with Crippen LogP contribution >= 0.6 is 0 Å². The standard InChI is InChI=1S/C15H15N5O2/c1-11-7-12(20-6-5-16-9-20)3-4-13(11)15(21)19(2)8-14-17-10-22-18-14/h3-7,9-10H,8H2,1-2H3. The van der Waals surface area contributed by atoms with Crippen LogP contribution in [-0.2, 0) is 6.54 Å². The van der Waals surface area contributed by atoms with Crippen LogP contribution in [-0.4, -0.2) is 37.5 Å². The molecule has 2 heterocycles. The van der Waals surface area contributed by atoms with Gasteiger partial charge in [0, 0.05) is 30.7 Å². The van der Waals surface area contributed by atoms with Gasteiger partial charge in [0.2, 0.25) is 6.39 Å². The van der Waals surface area contributed by atoms with Gasteiger partial charge in [-0.1, -0.05) is 5.16 Å². The average molecular weight is 297 g/mol. The molecule has 7 heteroatoms. The van der Waals surface area contributed by atoms with Crippen LogP contribution in [0.5, 0.6) is 0 Å². The molecule has 0 aliphatic rings. The van der Waals surface area contributed by atoms with Crippen LogP contribution in [0, 0.1) is 6.92 Å². The minimum Gasteiger partial charge on any atom is -0.343 e. The fourth-order valence-electron chi connectivity index (χ4n) is 2.21. The molecule has 3 aromatic rings. The fourth-order valence-corrected chi connectivity index (χ4v) is 2.21. The Morgan fingerprint density at radius 2 is 2.27 bits per heavy atom. The zero-order valence-electron chi connectivity index (χ0n) is 12.3. The number of nitrogens with zero attached hydrogens (tertiary/aromatic N) is 5. The van der Waals surface area contributed by atoms with E-state index in [1.165, 1.54) is 6.39 Å². The molecule has 0 spiro atoms. The second-order valence-corrected chi connectivity index (χ2v) is 4.98. The lowest BCUT2D eigenvalue weighted by molar-refractivity contribution is 0.0780. The minimum atomic E-state index is -0.0838. The molecule has 0 N–H and O–H groups in total. The molecule has 112 valence electrons. The highest BCUT2D eigenvalue weighted by Gasteiger charge is 2.16. The van der Waals surface area contributed by atoms with Gasteiger partial charge in [-0.05, 0) is 30.7 Å². The molecule has 1 amide bonds. The van der Waals surface area contributed by atoms with Gasteiger partial charge in [0.1, 0.15) is 0 Å². The second kappa shape index (κ2) is 5.80. The summed E-state index contributed by atoms with van der Waals surface area (Å²) >= 11 is 0. The predicted molar refractivity (Wildman–Crippen MR) is 78.4 cm³/mol. The maximum atomic E-state index is 12.5. The van der Waals surface area contributed by atoms with Crippen molar-refractivity contribution in [2.45, 2.75) is 13.5 Å². The van der Waals surface area contributed by atoms with Crippen LogP contribution in [0.1, 0.15) is 21.7 Å². The summed E-state index contributed by atoms with van der Waals surface area (Å²) in [5.74, 6) is 0.392. The summed E-state index contributed by atoms with van der Waals surface area (Å²) in [6, 6.07) is 5.67. The van der Waals surface area contributed by atoms with Crippen LogP contribution in [0.15, 0.2) is 47.8 Å². The lowest BCUT2D eigenvalue weighted by Gasteiger charge is -2.17. The first kappa shape index (κ1) is 14.0. The van der Waals surface area contributed by atoms with Crippen LogP contribution in [0.25, 0.3) is 5.69 Å². The quantitative estimate of drug-likeness (QED) is 0.734. The molecule has 3 rings (SSSR count). The van der Waals surface area contributed by atoms with Crippen LogP contribution in [0.2, 0.25) is 0 Å².